The van der Waals surface area contributed by atoms with Gasteiger partial charge < -0.3 is 10.6 Å². The average Bonchev–Trinajstić information content (AvgIpc) is 2.86. The standard InChI is InChI=1S/C13H25N3O3S/c1-11(17)15-13-5-8-16(10-13)20(18,19)9-6-12-4-2-3-7-14-12/h12-14H,2-10H2,1H3,(H,15,17). The maximum Gasteiger partial charge on any atom is 0.217 e. The summed E-state index contributed by atoms with van der Waals surface area (Å²) in [4.78, 5) is 11.0. The van der Waals surface area contributed by atoms with Crippen molar-refractivity contribution in [2.24, 2.45) is 0 Å². The molecule has 0 aromatic carbocycles. The molecule has 7 heteroatoms. The van der Waals surface area contributed by atoms with Gasteiger partial charge in [-0.05, 0) is 32.2 Å². The van der Waals surface area contributed by atoms with Crippen LogP contribution in [-0.4, -0.2) is 56.1 Å². The Balaban J connectivity index is 1.79. The van der Waals surface area contributed by atoms with Crippen LogP contribution in [0.1, 0.15) is 39.0 Å². The van der Waals surface area contributed by atoms with Crippen LogP contribution in [0.15, 0.2) is 0 Å². The van der Waals surface area contributed by atoms with Gasteiger partial charge in [0.1, 0.15) is 0 Å². The van der Waals surface area contributed by atoms with Crippen LogP contribution < -0.4 is 10.6 Å². The molecule has 2 saturated heterocycles. The number of rotatable bonds is 5. The molecule has 2 fully saturated rings. The van der Waals surface area contributed by atoms with Crippen molar-refractivity contribution >= 4 is 15.9 Å². The molecule has 2 atom stereocenters. The average molecular weight is 303 g/mol. The minimum absolute atomic E-state index is 0.0323. The normalized spacial score (nSPS) is 28.4. The summed E-state index contributed by atoms with van der Waals surface area (Å²) in [5.74, 6) is 0.109. The largest absolute Gasteiger partial charge is 0.352 e. The van der Waals surface area contributed by atoms with Crippen LogP contribution in [0.3, 0.4) is 0 Å². The Hall–Kier alpha value is -0.660. The van der Waals surface area contributed by atoms with E-state index in [1.165, 1.54) is 24.1 Å². The molecule has 0 aromatic rings. The van der Waals surface area contributed by atoms with Gasteiger partial charge >= 0.3 is 0 Å². The second kappa shape index (κ2) is 6.87. The Morgan fingerprint density at radius 1 is 1.35 bits per heavy atom. The first-order valence-electron chi connectivity index (χ1n) is 7.46. The highest BCUT2D eigenvalue weighted by molar-refractivity contribution is 7.89. The molecule has 0 radical (unpaired) electrons. The first-order valence-corrected chi connectivity index (χ1v) is 9.06. The molecule has 116 valence electrons. The lowest BCUT2D eigenvalue weighted by Gasteiger charge is -2.24. The Morgan fingerprint density at radius 3 is 2.80 bits per heavy atom. The molecule has 0 aromatic heterocycles. The number of sulfonamides is 1. The minimum atomic E-state index is -3.19. The summed E-state index contributed by atoms with van der Waals surface area (Å²) in [5, 5.41) is 6.17. The molecule has 6 nitrogen and oxygen atoms in total. The van der Waals surface area contributed by atoms with Gasteiger partial charge in [0, 0.05) is 32.1 Å². The van der Waals surface area contributed by atoms with Crippen molar-refractivity contribution < 1.29 is 13.2 Å². The van der Waals surface area contributed by atoms with Gasteiger partial charge in [-0.25, -0.2) is 8.42 Å². The fourth-order valence-electron chi connectivity index (χ4n) is 2.98. The van der Waals surface area contributed by atoms with Gasteiger partial charge in [0.05, 0.1) is 5.75 Å². The van der Waals surface area contributed by atoms with E-state index in [0.29, 0.717) is 32.0 Å². The van der Waals surface area contributed by atoms with Gasteiger partial charge in [-0.3, -0.25) is 4.79 Å². The quantitative estimate of drug-likeness (QED) is 0.753. The predicted molar refractivity (Wildman–Crippen MR) is 77.8 cm³/mol. The first-order chi connectivity index (χ1) is 9.47. The summed E-state index contributed by atoms with van der Waals surface area (Å²) in [7, 11) is -3.19. The highest BCUT2D eigenvalue weighted by Crippen LogP contribution is 2.17. The van der Waals surface area contributed by atoms with Gasteiger partial charge in [-0.2, -0.15) is 4.31 Å². The molecule has 20 heavy (non-hydrogen) atoms. The smallest absolute Gasteiger partial charge is 0.217 e. The second-order valence-electron chi connectivity index (χ2n) is 5.80. The zero-order chi connectivity index (χ0) is 14.6. The zero-order valence-corrected chi connectivity index (χ0v) is 12.9. The number of nitrogens with zero attached hydrogens (tertiary/aromatic N) is 1. The van der Waals surface area contributed by atoms with Crippen molar-refractivity contribution in [1.29, 1.82) is 0 Å². The molecule has 0 saturated carbocycles. The van der Waals surface area contributed by atoms with Crippen molar-refractivity contribution in [2.45, 2.75) is 51.1 Å². The molecule has 0 aliphatic carbocycles. The van der Waals surface area contributed by atoms with Crippen LogP contribution in [0.25, 0.3) is 0 Å². The Labute approximate surface area is 121 Å². The lowest BCUT2D eigenvalue weighted by molar-refractivity contribution is -0.119. The van der Waals surface area contributed by atoms with E-state index >= 15 is 0 Å². The third-order valence-electron chi connectivity index (χ3n) is 4.09. The summed E-state index contributed by atoms with van der Waals surface area (Å²) in [6, 6.07) is 0.308. The molecule has 2 aliphatic heterocycles. The predicted octanol–water partition coefficient (Wildman–Crippen LogP) is 0.0588. The van der Waals surface area contributed by atoms with Crippen molar-refractivity contribution in [3.63, 3.8) is 0 Å². The molecule has 0 bridgehead atoms. The molecule has 2 heterocycles. The maximum absolute atomic E-state index is 12.3. The van der Waals surface area contributed by atoms with Crippen LogP contribution in [0.4, 0.5) is 0 Å². The van der Waals surface area contributed by atoms with Crippen molar-refractivity contribution in [2.75, 3.05) is 25.4 Å². The fourth-order valence-corrected chi connectivity index (χ4v) is 4.61. The highest BCUT2D eigenvalue weighted by Gasteiger charge is 2.31. The van der Waals surface area contributed by atoms with Gasteiger partial charge in [0.15, 0.2) is 0 Å². The summed E-state index contributed by atoms with van der Waals surface area (Å²) >= 11 is 0. The molecule has 2 rings (SSSR count). The summed E-state index contributed by atoms with van der Waals surface area (Å²) in [5.41, 5.74) is 0. The number of piperidine rings is 1. The van der Waals surface area contributed by atoms with Crippen LogP contribution in [0.5, 0.6) is 0 Å². The summed E-state index contributed by atoms with van der Waals surface area (Å²) < 4.78 is 26.1. The van der Waals surface area contributed by atoms with E-state index in [-0.39, 0.29) is 17.7 Å². The van der Waals surface area contributed by atoms with Crippen LogP contribution in [0.2, 0.25) is 0 Å². The molecule has 1 amide bonds. The third kappa shape index (κ3) is 4.43. The van der Waals surface area contributed by atoms with E-state index in [1.54, 1.807) is 0 Å². The lowest BCUT2D eigenvalue weighted by atomic mass is 10.0. The van der Waals surface area contributed by atoms with Gasteiger partial charge in [0.25, 0.3) is 0 Å². The Kier molecular flexibility index (Phi) is 5.40. The molecule has 0 spiro atoms. The highest BCUT2D eigenvalue weighted by atomic mass is 32.2. The fraction of sp³-hybridized carbons (Fsp3) is 0.923. The summed E-state index contributed by atoms with van der Waals surface area (Å²) in [6.07, 6.45) is 4.84. The van der Waals surface area contributed by atoms with E-state index in [4.69, 9.17) is 0 Å². The van der Waals surface area contributed by atoms with Gasteiger partial charge in [-0.15, -0.1) is 0 Å². The number of amides is 1. The van der Waals surface area contributed by atoms with Crippen LogP contribution >= 0.6 is 0 Å². The SMILES string of the molecule is CC(=O)NC1CCN(S(=O)(=O)CCC2CCCCN2)C1. The molecular formula is C13H25N3O3S. The van der Waals surface area contributed by atoms with Crippen LogP contribution in [-0.2, 0) is 14.8 Å². The van der Waals surface area contributed by atoms with E-state index in [2.05, 4.69) is 10.6 Å². The Bertz CT molecular complexity index is 432. The Morgan fingerprint density at radius 2 is 2.15 bits per heavy atom. The van der Waals surface area contributed by atoms with Crippen molar-refractivity contribution in [1.82, 2.24) is 14.9 Å². The second-order valence-corrected chi connectivity index (χ2v) is 7.88. The molecule has 2 aliphatic rings. The van der Waals surface area contributed by atoms with Gasteiger partial charge in [0.2, 0.25) is 15.9 Å². The molecule has 2 unspecified atom stereocenters. The van der Waals surface area contributed by atoms with E-state index in [1.807, 2.05) is 0 Å². The maximum atomic E-state index is 12.3. The first kappa shape index (κ1) is 15.7. The van der Waals surface area contributed by atoms with Crippen LogP contribution in [0, 0.1) is 0 Å². The molecular weight excluding hydrogens is 278 g/mol. The topological polar surface area (TPSA) is 78.5 Å². The third-order valence-corrected chi connectivity index (χ3v) is 5.96. The number of hydrogen-bond acceptors (Lipinski definition) is 4. The lowest BCUT2D eigenvalue weighted by Crippen LogP contribution is -2.40. The number of carbonyl (C=O) groups excluding carboxylic acids is 1. The van der Waals surface area contributed by atoms with E-state index in [9.17, 15) is 13.2 Å². The van der Waals surface area contributed by atoms with Crippen molar-refractivity contribution in [3.8, 4) is 0 Å². The number of hydrogen-bond donors (Lipinski definition) is 2. The van der Waals surface area contributed by atoms with Crippen molar-refractivity contribution in [3.05, 3.63) is 0 Å². The zero-order valence-electron chi connectivity index (χ0n) is 12.1. The number of nitrogens with one attached hydrogen (secondary N) is 2. The van der Waals surface area contributed by atoms with E-state index < -0.39 is 10.0 Å². The van der Waals surface area contributed by atoms with E-state index in [0.717, 1.165) is 13.0 Å². The molecule has 2 N–H and O–H groups in total. The monoisotopic (exact) mass is 303 g/mol. The summed E-state index contributed by atoms with van der Waals surface area (Å²) in [6.45, 7) is 3.40. The minimum Gasteiger partial charge on any atom is -0.352 e. The number of carbonyl (C=O) groups is 1. The van der Waals surface area contributed by atoms with Gasteiger partial charge in [-0.1, -0.05) is 6.42 Å².